The van der Waals surface area contributed by atoms with E-state index in [9.17, 15) is 5.11 Å². The predicted molar refractivity (Wildman–Crippen MR) is 91.4 cm³/mol. The van der Waals surface area contributed by atoms with Crippen LogP contribution < -0.4 is 9.47 Å². The molecular formula is C19H26O4. The first-order valence-corrected chi connectivity index (χ1v) is 8.06. The highest BCUT2D eigenvalue weighted by Gasteiger charge is 2.14. The largest absolute Gasteiger partial charge is 0.508 e. The maximum absolute atomic E-state index is 9.41. The van der Waals surface area contributed by atoms with Gasteiger partial charge in [0.1, 0.15) is 12.4 Å². The third-order valence-corrected chi connectivity index (χ3v) is 3.63. The molecule has 1 unspecified atom stereocenters. The topological polar surface area (TPSA) is 47.9 Å². The number of hydrogen-bond acceptors (Lipinski definition) is 4. The molecule has 1 atom stereocenters. The summed E-state index contributed by atoms with van der Waals surface area (Å²) in [7, 11) is 1.64. The summed E-state index contributed by atoms with van der Waals surface area (Å²) in [5.41, 5.74) is 1.14. The molecule has 0 saturated heterocycles. The van der Waals surface area contributed by atoms with Crippen LogP contribution in [0.15, 0.2) is 42.2 Å². The molecule has 0 aliphatic heterocycles. The van der Waals surface area contributed by atoms with E-state index in [1.807, 2.05) is 30.4 Å². The van der Waals surface area contributed by atoms with Gasteiger partial charge in [-0.05, 0) is 42.2 Å². The summed E-state index contributed by atoms with van der Waals surface area (Å²) in [5, 5.41) is 9.41. The number of ether oxygens (including phenoxy) is 3. The van der Waals surface area contributed by atoms with Crippen LogP contribution in [-0.2, 0) is 4.74 Å². The fraction of sp³-hybridized carbons (Fsp3) is 0.474. The van der Waals surface area contributed by atoms with Crippen molar-refractivity contribution < 1.29 is 19.3 Å². The highest BCUT2D eigenvalue weighted by molar-refractivity contribution is 5.45. The van der Waals surface area contributed by atoms with Crippen LogP contribution >= 0.6 is 0 Å². The molecule has 126 valence electrons. The molecule has 2 rings (SSSR count). The second-order valence-corrected chi connectivity index (χ2v) is 6.06. The minimum atomic E-state index is 0.253. The molecule has 0 spiro atoms. The van der Waals surface area contributed by atoms with Crippen molar-refractivity contribution in [2.75, 3.05) is 26.9 Å². The van der Waals surface area contributed by atoms with Crippen LogP contribution in [0.2, 0.25) is 0 Å². The lowest BCUT2D eigenvalue weighted by Gasteiger charge is -2.17. The van der Waals surface area contributed by atoms with Crippen LogP contribution in [0.4, 0.5) is 0 Å². The normalized spacial score (nSPS) is 17.2. The molecule has 1 aromatic carbocycles. The maximum atomic E-state index is 9.41. The van der Waals surface area contributed by atoms with E-state index >= 15 is 0 Å². The second kappa shape index (κ2) is 8.63. The van der Waals surface area contributed by atoms with Gasteiger partial charge in [-0.25, -0.2) is 0 Å². The Morgan fingerprint density at radius 1 is 1.22 bits per heavy atom. The highest BCUT2D eigenvalue weighted by Crippen LogP contribution is 2.34. The lowest BCUT2D eigenvalue weighted by atomic mass is 9.92. The molecule has 23 heavy (non-hydrogen) atoms. The Balaban J connectivity index is 1.93. The SMILES string of the molecule is COc1cc(C2C=CC(O)=CC2)ccc1OCCOCC(C)C. The number of allylic oxidation sites excluding steroid dienone is 3. The van der Waals surface area contributed by atoms with Gasteiger partial charge in [0.05, 0.1) is 13.7 Å². The molecule has 4 nitrogen and oxygen atoms in total. The average Bonchev–Trinajstić information content (AvgIpc) is 2.55. The van der Waals surface area contributed by atoms with Crippen molar-refractivity contribution in [3.05, 3.63) is 47.7 Å². The Kier molecular flexibility index (Phi) is 6.53. The van der Waals surface area contributed by atoms with Crippen LogP contribution in [0.25, 0.3) is 0 Å². The predicted octanol–water partition coefficient (Wildman–Crippen LogP) is 4.23. The van der Waals surface area contributed by atoms with Gasteiger partial charge in [0, 0.05) is 12.5 Å². The van der Waals surface area contributed by atoms with Crippen molar-refractivity contribution in [2.24, 2.45) is 5.92 Å². The van der Waals surface area contributed by atoms with Crippen molar-refractivity contribution in [3.63, 3.8) is 0 Å². The summed E-state index contributed by atoms with van der Waals surface area (Å²) in [4.78, 5) is 0. The lowest BCUT2D eigenvalue weighted by molar-refractivity contribution is 0.0810. The van der Waals surface area contributed by atoms with Crippen LogP contribution in [-0.4, -0.2) is 32.0 Å². The Morgan fingerprint density at radius 2 is 2.04 bits per heavy atom. The van der Waals surface area contributed by atoms with Gasteiger partial charge >= 0.3 is 0 Å². The van der Waals surface area contributed by atoms with Gasteiger partial charge in [0.25, 0.3) is 0 Å². The van der Waals surface area contributed by atoms with Crippen LogP contribution in [0, 0.1) is 5.92 Å². The summed E-state index contributed by atoms with van der Waals surface area (Å²) in [6.07, 6.45) is 6.35. The molecule has 0 amide bonds. The number of rotatable bonds is 8. The first-order valence-electron chi connectivity index (χ1n) is 8.06. The van der Waals surface area contributed by atoms with Crippen molar-refractivity contribution >= 4 is 0 Å². The fourth-order valence-electron chi connectivity index (χ4n) is 2.42. The van der Waals surface area contributed by atoms with Gasteiger partial charge in [-0.1, -0.05) is 26.0 Å². The monoisotopic (exact) mass is 318 g/mol. The van der Waals surface area contributed by atoms with Gasteiger partial charge in [0.2, 0.25) is 0 Å². The molecule has 0 fully saturated rings. The van der Waals surface area contributed by atoms with E-state index in [4.69, 9.17) is 14.2 Å². The molecule has 0 bridgehead atoms. The Labute approximate surface area is 138 Å². The van der Waals surface area contributed by atoms with E-state index in [1.165, 1.54) is 0 Å². The van der Waals surface area contributed by atoms with Crippen molar-refractivity contribution in [2.45, 2.75) is 26.2 Å². The molecule has 1 N–H and O–H groups in total. The summed E-state index contributed by atoms with van der Waals surface area (Å²) < 4.78 is 16.7. The minimum Gasteiger partial charge on any atom is -0.508 e. The number of aliphatic hydroxyl groups excluding tert-OH is 1. The standard InChI is InChI=1S/C19H26O4/c1-14(2)13-22-10-11-23-18-9-6-16(12-19(18)21-3)15-4-7-17(20)8-5-15/h4,6-9,12,14-15,20H,5,10-11,13H2,1-3H3. The third-order valence-electron chi connectivity index (χ3n) is 3.63. The van der Waals surface area contributed by atoms with E-state index in [0.717, 1.165) is 30.1 Å². The lowest BCUT2D eigenvalue weighted by Crippen LogP contribution is -2.10. The van der Waals surface area contributed by atoms with Crippen LogP contribution in [0.1, 0.15) is 31.7 Å². The summed E-state index contributed by atoms with van der Waals surface area (Å²) in [6.45, 7) is 6.06. The number of methoxy groups -OCH3 is 1. The Hall–Kier alpha value is -1.94. The first-order chi connectivity index (χ1) is 11.1. The Bertz CT molecular complexity index is 560. The van der Waals surface area contributed by atoms with Crippen LogP contribution in [0.3, 0.4) is 0 Å². The van der Waals surface area contributed by atoms with Crippen molar-refractivity contribution in [1.29, 1.82) is 0 Å². The summed E-state index contributed by atoms with van der Waals surface area (Å²) in [5.74, 6) is 2.56. The first kappa shape index (κ1) is 17.4. The van der Waals surface area contributed by atoms with Gasteiger partial charge in [0.15, 0.2) is 11.5 Å². The minimum absolute atomic E-state index is 0.253. The molecule has 0 aromatic heterocycles. The van der Waals surface area contributed by atoms with E-state index in [1.54, 1.807) is 13.2 Å². The number of hydrogen-bond donors (Lipinski definition) is 1. The molecule has 1 aliphatic carbocycles. The molecule has 0 saturated carbocycles. The zero-order valence-electron chi connectivity index (χ0n) is 14.1. The molecule has 1 aromatic rings. The van der Waals surface area contributed by atoms with E-state index in [2.05, 4.69) is 13.8 Å². The average molecular weight is 318 g/mol. The highest BCUT2D eigenvalue weighted by atomic mass is 16.5. The summed E-state index contributed by atoms with van der Waals surface area (Å²) in [6, 6.07) is 5.97. The molecule has 0 radical (unpaired) electrons. The fourth-order valence-corrected chi connectivity index (χ4v) is 2.42. The van der Waals surface area contributed by atoms with Crippen molar-refractivity contribution in [1.82, 2.24) is 0 Å². The molecule has 0 heterocycles. The summed E-state index contributed by atoms with van der Waals surface area (Å²) >= 11 is 0. The zero-order chi connectivity index (χ0) is 16.7. The number of benzene rings is 1. The zero-order valence-corrected chi connectivity index (χ0v) is 14.1. The van der Waals surface area contributed by atoms with E-state index in [0.29, 0.717) is 24.9 Å². The number of aliphatic hydroxyl groups is 1. The smallest absolute Gasteiger partial charge is 0.161 e. The van der Waals surface area contributed by atoms with Gasteiger partial charge in [-0.15, -0.1) is 0 Å². The van der Waals surface area contributed by atoms with Crippen molar-refractivity contribution in [3.8, 4) is 11.5 Å². The van der Waals surface area contributed by atoms with Gasteiger partial charge in [-0.2, -0.15) is 0 Å². The molecular weight excluding hydrogens is 292 g/mol. The van der Waals surface area contributed by atoms with Gasteiger partial charge < -0.3 is 19.3 Å². The Morgan fingerprint density at radius 3 is 2.70 bits per heavy atom. The maximum Gasteiger partial charge on any atom is 0.161 e. The quantitative estimate of drug-likeness (QED) is 0.729. The van der Waals surface area contributed by atoms with Crippen LogP contribution in [0.5, 0.6) is 11.5 Å². The third kappa shape index (κ3) is 5.32. The second-order valence-electron chi connectivity index (χ2n) is 6.06. The van der Waals surface area contributed by atoms with E-state index in [-0.39, 0.29) is 5.92 Å². The van der Waals surface area contributed by atoms with Gasteiger partial charge in [-0.3, -0.25) is 0 Å². The van der Waals surface area contributed by atoms with E-state index < -0.39 is 0 Å². The molecule has 1 aliphatic rings. The molecule has 4 heteroatoms.